The highest BCUT2D eigenvalue weighted by Crippen LogP contribution is 2.19. The Morgan fingerprint density at radius 3 is 3.08 bits per heavy atom. The molecule has 0 unspecified atom stereocenters. The van der Waals surface area contributed by atoms with E-state index < -0.39 is 0 Å². The van der Waals surface area contributed by atoms with Crippen LogP contribution in [0.5, 0.6) is 0 Å². The van der Waals surface area contributed by atoms with Crippen LogP contribution in [0.15, 0.2) is 35.7 Å². The number of nitrogens with zero attached hydrogens (tertiary/aromatic N) is 5. The molecule has 134 valence electrons. The van der Waals surface area contributed by atoms with Crippen LogP contribution in [-0.4, -0.2) is 49.6 Å². The van der Waals surface area contributed by atoms with Gasteiger partial charge in [0, 0.05) is 29.6 Å². The normalized spacial score (nSPS) is 12.1. The molecule has 3 aromatic rings. The first kappa shape index (κ1) is 17.3. The van der Waals surface area contributed by atoms with Crippen molar-refractivity contribution >= 4 is 34.5 Å². The lowest BCUT2D eigenvalue weighted by atomic mass is 10.2. The van der Waals surface area contributed by atoms with E-state index in [2.05, 4.69) is 35.5 Å². The fourth-order valence-corrected chi connectivity index (χ4v) is 2.29. The minimum atomic E-state index is -0.0401. The number of hydrogen-bond donors (Lipinski definition) is 5. The number of aliphatic hydroxyl groups excluding tert-OH is 1. The second kappa shape index (κ2) is 8.03. The minimum absolute atomic E-state index is 0.0401. The van der Waals surface area contributed by atoms with Crippen molar-refractivity contribution in [3.63, 3.8) is 0 Å². The molecule has 0 fully saturated rings. The van der Waals surface area contributed by atoms with E-state index in [4.69, 9.17) is 16.6 Å². The second-order valence-electron chi connectivity index (χ2n) is 5.30. The molecule has 0 amide bonds. The van der Waals surface area contributed by atoms with Gasteiger partial charge < -0.3 is 21.9 Å². The Labute approximate surface area is 149 Å². The first-order valence-electron chi connectivity index (χ1n) is 7.90. The van der Waals surface area contributed by atoms with Crippen LogP contribution in [0, 0.1) is 0 Å². The lowest BCUT2D eigenvalue weighted by Gasteiger charge is -2.09. The number of allylic oxidation sites excluding steroid dienone is 1. The molecule has 0 aromatic carbocycles. The molecule has 10 nitrogen and oxygen atoms in total. The van der Waals surface area contributed by atoms with Crippen LogP contribution in [-0.2, 0) is 6.54 Å². The molecule has 3 rings (SSSR count). The third-order valence-corrected chi connectivity index (χ3v) is 3.58. The quantitative estimate of drug-likeness (QED) is 0.379. The Morgan fingerprint density at radius 1 is 1.38 bits per heavy atom. The molecular weight excluding hydrogens is 334 g/mol. The Bertz CT molecular complexity index is 948. The second-order valence-corrected chi connectivity index (χ2v) is 5.30. The van der Waals surface area contributed by atoms with Crippen LogP contribution >= 0.6 is 0 Å². The van der Waals surface area contributed by atoms with Gasteiger partial charge in [0.15, 0.2) is 17.3 Å². The number of aliphatic imine (C=N–C) groups is 1. The molecule has 0 aliphatic rings. The van der Waals surface area contributed by atoms with E-state index in [0.29, 0.717) is 29.3 Å². The number of pyridine rings is 1. The van der Waals surface area contributed by atoms with Gasteiger partial charge in [0.2, 0.25) is 0 Å². The average Bonchev–Trinajstić information content (AvgIpc) is 3.08. The van der Waals surface area contributed by atoms with Crippen LogP contribution in [0.2, 0.25) is 0 Å². The largest absolute Gasteiger partial charge is 0.404 e. The van der Waals surface area contributed by atoms with E-state index in [-0.39, 0.29) is 19.0 Å². The van der Waals surface area contributed by atoms with Gasteiger partial charge in [0.05, 0.1) is 37.3 Å². The highest BCUT2D eigenvalue weighted by molar-refractivity contribution is 6.08. The Kier molecular flexibility index (Phi) is 5.34. The van der Waals surface area contributed by atoms with Crippen molar-refractivity contribution in [2.24, 2.45) is 10.7 Å². The number of hydrogen-bond acceptors (Lipinski definition) is 9. The highest BCUT2D eigenvalue weighted by Gasteiger charge is 2.10. The first-order valence-corrected chi connectivity index (χ1v) is 7.90. The van der Waals surface area contributed by atoms with Gasteiger partial charge >= 0.3 is 0 Å². The first-order chi connectivity index (χ1) is 12.7. The van der Waals surface area contributed by atoms with Crippen LogP contribution in [0.3, 0.4) is 0 Å². The molecule has 0 bridgehead atoms. The van der Waals surface area contributed by atoms with Crippen LogP contribution in [0.4, 0.5) is 11.6 Å². The third-order valence-electron chi connectivity index (χ3n) is 3.58. The molecule has 0 aliphatic heterocycles. The summed E-state index contributed by atoms with van der Waals surface area (Å²) in [5.74, 6) is 0.684. The Hall–Kier alpha value is -3.53. The van der Waals surface area contributed by atoms with Gasteiger partial charge in [-0.3, -0.25) is 10.1 Å². The van der Waals surface area contributed by atoms with E-state index >= 15 is 0 Å². The number of H-pyrrole nitrogens is 1. The number of aromatic amines is 1. The van der Waals surface area contributed by atoms with E-state index in [1.54, 1.807) is 6.20 Å². The Balaban J connectivity index is 1.79. The van der Waals surface area contributed by atoms with Crippen molar-refractivity contribution in [1.82, 2.24) is 25.1 Å². The predicted molar refractivity (Wildman–Crippen MR) is 100 cm³/mol. The van der Waals surface area contributed by atoms with Gasteiger partial charge in [-0.25, -0.2) is 15.0 Å². The Morgan fingerprint density at radius 2 is 2.27 bits per heavy atom. The van der Waals surface area contributed by atoms with Gasteiger partial charge in [0.1, 0.15) is 0 Å². The summed E-state index contributed by atoms with van der Waals surface area (Å²) in [6.45, 7) is 0.665. The number of aromatic nitrogens is 5. The summed E-state index contributed by atoms with van der Waals surface area (Å²) in [6.07, 6.45) is 6.11. The smallest absolute Gasteiger partial charge is 0.181 e. The van der Waals surface area contributed by atoms with E-state index in [1.165, 1.54) is 18.6 Å². The zero-order chi connectivity index (χ0) is 18.4. The summed E-state index contributed by atoms with van der Waals surface area (Å²) in [5.41, 5.74) is 14.1. The zero-order valence-corrected chi connectivity index (χ0v) is 13.9. The van der Waals surface area contributed by atoms with Crippen molar-refractivity contribution in [1.29, 1.82) is 0 Å². The van der Waals surface area contributed by atoms with Crippen molar-refractivity contribution in [2.45, 2.75) is 6.54 Å². The number of rotatable bonds is 7. The molecule has 0 radical (unpaired) electrons. The molecular formula is C16H19N9O. The standard InChI is InChI=1S/C16H19N9O/c17-6-10(7-19-4-5-26)12-8-21-14(18)16(23-12)22-9-13-11-2-1-3-20-15(11)25-24-13/h1-3,6-8,26H,4-5,9,17H2,(H2,18,21)(H,22,23)(H,20,24,25). The van der Waals surface area contributed by atoms with Gasteiger partial charge in [0.25, 0.3) is 0 Å². The average molecular weight is 353 g/mol. The van der Waals surface area contributed by atoms with E-state index in [9.17, 15) is 0 Å². The molecule has 0 atom stereocenters. The lowest BCUT2D eigenvalue weighted by Crippen LogP contribution is -2.09. The van der Waals surface area contributed by atoms with Crippen molar-refractivity contribution in [2.75, 3.05) is 24.2 Å². The summed E-state index contributed by atoms with van der Waals surface area (Å²) < 4.78 is 0. The fraction of sp³-hybridized carbons (Fsp3) is 0.188. The number of fused-ring (bicyclic) bond motifs is 1. The fourth-order valence-electron chi connectivity index (χ4n) is 2.29. The molecule has 0 spiro atoms. The van der Waals surface area contributed by atoms with Gasteiger partial charge in [-0.1, -0.05) is 0 Å². The summed E-state index contributed by atoms with van der Waals surface area (Å²) in [6, 6.07) is 3.78. The molecule has 10 heteroatoms. The van der Waals surface area contributed by atoms with Gasteiger partial charge in [-0.05, 0) is 12.1 Å². The van der Waals surface area contributed by atoms with Crippen LogP contribution in [0.1, 0.15) is 11.4 Å². The van der Waals surface area contributed by atoms with Gasteiger partial charge in [-0.15, -0.1) is 0 Å². The monoisotopic (exact) mass is 353 g/mol. The molecule has 0 saturated carbocycles. The SMILES string of the molecule is NC=C(C=NCCO)c1cnc(N)c(NCc2[nH]nc3ncccc23)n1. The van der Waals surface area contributed by atoms with E-state index in [0.717, 1.165) is 11.1 Å². The number of anilines is 2. The van der Waals surface area contributed by atoms with Gasteiger partial charge in [-0.2, -0.15) is 5.10 Å². The van der Waals surface area contributed by atoms with E-state index in [1.807, 2.05) is 12.1 Å². The number of nitrogen functional groups attached to an aromatic ring is 1. The van der Waals surface area contributed by atoms with Crippen molar-refractivity contribution < 1.29 is 5.11 Å². The molecule has 0 saturated heterocycles. The zero-order valence-electron chi connectivity index (χ0n) is 13.9. The molecule has 7 N–H and O–H groups in total. The van der Waals surface area contributed by atoms with Crippen molar-refractivity contribution in [3.05, 3.63) is 42.1 Å². The van der Waals surface area contributed by atoms with Crippen molar-refractivity contribution in [3.8, 4) is 0 Å². The summed E-state index contributed by atoms with van der Waals surface area (Å²) >= 11 is 0. The highest BCUT2D eigenvalue weighted by atomic mass is 16.3. The number of aliphatic hydroxyl groups is 1. The number of nitrogens with two attached hydrogens (primary N) is 2. The molecule has 3 heterocycles. The lowest BCUT2D eigenvalue weighted by molar-refractivity contribution is 0.307. The molecule has 26 heavy (non-hydrogen) atoms. The maximum Gasteiger partial charge on any atom is 0.181 e. The topological polar surface area (TPSA) is 164 Å². The predicted octanol–water partition coefficient (Wildman–Crippen LogP) is 0.305. The minimum Gasteiger partial charge on any atom is -0.404 e. The maximum absolute atomic E-state index is 8.81. The maximum atomic E-state index is 8.81. The number of nitrogens with one attached hydrogen (secondary N) is 2. The van der Waals surface area contributed by atoms with Crippen LogP contribution < -0.4 is 16.8 Å². The summed E-state index contributed by atoms with van der Waals surface area (Å²) in [5, 5.41) is 20.0. The molecule has 3 aromatic heterocycles. The van der Waals surface area contributed by atoms with Crippen LogP contribution in [0.25, 0.3) is 16.6 Å². The summed E-state index contributed by atoms with van der Waals surface area (Å²) in [7, 11) is 0. The molecule has 0 aliphatic carbocycles. The summed E-state index contributed by atoms with van der Waals surface area (Å²) in [4.78, 5) is 16.8. The third kappa shape index (κ3) is 3.75.